The first-order valence-corrected chi connectivity index (χ1v) is 8.25. The van der Waals surface area contributed by atoms with E-state index >= 15 is 0 Å². The van der Waals surface area contributed by atoms with Crippen molar-refractivity contribution in [3.63, 3.8) is 0 Å². The van der Waals surface area contributed by atoms with Gasteiger partial charge < -0.3 is 14.8 Å². The normalized spacial score (nSPS) is 10.5. The van der Waals surface area contributed by atoms with Crippen molar-refractivity contribution in [2.24, 2.45) is 0 Å². The summed E-state index contributed by atoms with van der Waals surface area (Å²) in [6.45, 7) is 1.88. The molecule has 7 heteroatoms. The number of aryl methyl sites for hydroxylation is 1. The van der Waals surface area contributed by atoms with Crippen LogP contribution in [0.15, 0.2) is 42.5 Å². The van der Waals surface area contributed by atoms with Crippen LogP contribution in [0.1, 0.15) is 16.1 Å². The number of H-pyrrole nitrogens is 1. The maximum Gasteiger partial charge on any atom is 0.273 e. The molecule has 1 aromatic heterocycles. The molecule has 0 saturated carbocycles. The minimum Gasteiger partial charge on any atom is -0.497 e. The summed E-state index contributed by atoms with van der Waals surface area (Å²) in [4.78, 5) is 12.5. The Bertz CT molecular complexity index is 953. The monoisotopic (exact) mass is 371 g/mol. The molecule has 0 unspecified atom stereocenters. The van der Waals surface area contributed by atoms with Crippen molar-refractivity contribution in [1.29, 1.82) is 0 Å². The van der Waals surface area contributed by atoms with E-state index < -0.39 is 0 Å². The molecule has 0 atom stereocenters. The second-order valence-electron chi connectivity index (χ2n) is 5.65. The molecule has 3 rings (SSSR count). The molecule has 134 valence electrons. The molecule has 2 aromatic carbocycles. The number of nitrogens with zero attached hydrogens (tertiary/aromatic N) is 1. The molecule has 0 saturated heterocycles. The van der Waals surface area contributed by atoms with Crippen molar-refractivity contribution < 1.29 is 14.3 Å². The lowest BCUT2D eigenvalue weighted by atomic mass is 10.1. The molecule has 1 amide bonds. The molecular formula is C19H18ClN3O3. The second-order valence-corrected chi connectivity index (χ2v) is 6.08. The van der Waals surface area contributed by atoms with Gasteiger partial charge in [0.05, 0.1) is 19.9 Å². The van der Waals surface area contributed by atoms with Crippen molar-refractivity contribution >= 4 is 23.2 Å². The van der Waals surface area contributed by atoms with E-state index in [1.165, 1.54) is 0 Å². The molecule has 0 bridgehead atoms. The molecule has 6 nitrogen and oxygen atoms in total. The van der Waals surface area contributed by atoms with Gasteiger partial charge in [0.2, 0.25) is 0 Å². The first-order valence-electron chi connectivity index (χ1n) is 7.87. The number of carbonyl (C=O) groups excluding carboxylic acids is 1. The van der Waals surface area contributed by atoms with Crippen molar-refractivity contribution in [2.45, 2.75) is 6.92 Å². The molecule has 26 heavy (non-hydrogen) atoms. The number of ether oxygens (including phenoxy) is 2. The van der Waals surface area contributed by atoms with Crippen molar-refractivity contribution in [3.05, 3.63) is 58.7 Å². The Labute approximate surface area is 156 Å². The van der Waals surface area contributed by atoms with Gasteiger partial charge in [-0.1, -0.05) is 11.6 Å². The molecule has 1 heterocycles. The van der Waals surface area contributed by atoms with Crippen LogP contribution >= 0.6 is 11.6 Å². The van der Waals surface area contributed by atoms with Crippen LogP contribution in [0.5, 0.6) is 11.5 Å². The zero-order chi connectivity index (χ0) is 18.7. The summed E-state index contributed by atoms with van der Waals surface area (Å²) < 4.78 is 10.6. The molecule has 3 aromatic rings. The van der Waals surface area contributed by atoms with Crippen molar-refractivity contribution in [3.8, 4) is 22.8 Å². The summed E-state index contributed by atoms with van der Waals surface area (Å²) in [6, 6.07) is 12.4. The van der Waals surface area contributed by atoms with Gasteiger partial charge in [0.15, 0.2) is 0 Å². The summed E-state index contributed by atoms with van der Waals surface area (Å²) in [5.41, 5.74) is 3.26. The van der Waals surface area contributed by atoms with Gasteiger partial charge in [-0.3, -0.25) is 9.89 Å². The largest absolute Gasteiger partial charge is 0.497 e. The lowest BCUT2D eigenvalue weighted by Gasteiger charge is -2.08. The number of nitrogens with one attached hydrogen (secondary N) is 2. The fourth-order valence-corrected chi connectivity index (χ4v) is 2.77. The SMILES string of the molecule is COc1ccc(-c2cc(C(=O)Nc3ccc(Cl)cc3C)[nH]n2)c(OC)c1. The van der Waals surface area contributed by atoms with Gasteiger partial charge in [-0.05, 0) is 48.9 Å². The highest BCUT2D eigenvalue weighted by Crippen LogP contribution is 2.32. The van der Waals surface area contributed by atoms with Crippen LogP contribution in [0.3, 0.4) is 0 Å². The lowest BCUT2D eigenvalue weighted by Crippen LogP contribution is -2.13. The van der Waals surface area contributed by atoms with Gasteiger partial charge in [-0.2, -0.15) is 5.10 Å². The van der Waals surface area contributed by atoms with Crippen LogP contribution in [0.4, 0.5) is 5.69 Å². The molecule has 0 aliphatic carbocycles. The van der Waals surface area contributed by atoms with E-state index in [1.54, 1.807) is 44.6 Å². The predicted molar refractivity (Wildman–Crippen MR) is 101 cm³/mol. The van der Waals surface area contributed by atoms with Gasteiger partial charge in [-0.15, -0.1) is 0 Å². The molecule has 0 radical (unpaired) electrons. The molecule has 0 fully saturated rings. The highest BCUT2D eigenvalue weighted by atomic mass is 35.5. The fraction of sp³-hybridized carbons (Fsp3) is 0.158. The van der Waals surface area contributed by atoms with Gasteiger partial charge in [-0.25, -0.2) is 0 Å². The number of hydrogen-bond acceptors (Lipinski definition) is 4. The molecule has 0 spiro atoms. The summed E-state index contributed by atoms with van der Waals surface area (Å²) in [5.74, 6) is 0.996. The third-order valence-electron chi connectivity index (χ3n) is 3.94. The Hall–Kier alpha value is -2.99. The molecule has 2 N–H and O–H groups in total. The quantitative estimate of drug-likeness (QED) is 0.700. The van der Waals surface area contributed by atoms with E-state index in [2.05, 4.69) is 15.5 Å². The standard InChI is InChI=1S/C19H18ClN3O3/c1-11-8-12(20)4-7-15(11)21-19(24)17-10-16(22-23-17)14-6-5-13(25-2)9-18(14)26-3/h4-10H,1-3H3,(H,21,24)(H,22,23). The van der Waals surface area contributed by atoms with E-state index in [9.17, 15) is 4.79 Å². The summed E-state index contributed by atoms with van der Waals surface area (Å²) >= 11 is 5.94. The zero-order valence-corrected chi connectivity index (χ0v) is 15.3. The highest BCUT2D eigenvalue weighted by molar-refractivity contribution is 6.30. The van der Waals surface area contributed by atoms with Crippen LogP contribution in [0, 0.1) is 6.92 Å². The molecular weight excluding hydrogens is 354 g/mol. The number of rotatable bonds is 5. The van der Waals surface area contributed by atoms with Crippen molar-refractivity contribution in [2.75, 3.05) is 19.5 Å². The van der Waals surface area contributed by atoms with E-state index in [1.807, 2.05) is 19.1 Å². The van der Waals surface area contributed by atoms with E-state index in [4.69, 9.17) is 21.1 Å². The number of anilines is 1. The number of methoxy groups -OCH3 is 2. The number of benzene rings is 2. The Morgan fingerprint density at radius 2 is 1.92 bits per heavy atom. The van der Waals surface area contributed by atoms with Crippen LogP contribution in [0.2, 0.25) is 5.02 Å². The van der Waals surface area contributed by atoms with Crippen LogP contribution in [-0.4, -0.2) is 30.3 Å². The van der Waals surface area contributed by atoms with Crippen molar-refractivity contribution in [1.82, 2.24) is 10.2 Å². The fourth-order valence-electron chi connectivity index (χ4n) is 2.54. The number of carbonyl (C=O) groups is 1. The van der Waals surface area contributed by atoms with Crippen LogP contribution in [-0.2, 0) is 0 Å². The van der Waals surface area contributed by atoms with Crippen LogP contribution < -0.4 is 14.8 Å². The Kier molecular flexibility index (Phi) is 5.14. The maximum absolute atomic E-state index is 12.5. The average Bonchev–Trinajstić information content (AvgIpc) is 3.13. The lowest BCUT2D eigenvalue weighted by molar-refractivity contribution is 0.102. The van der Waals surface area contributed by atoms with E-state index in [0.29, 0.717) is 33.6 Å². The van der Waals surface area contributed by atoms with Gasteiger partial charge in [0.1, 0.15) is 17.2 Å². The summed E-state index contributed by atoms with van der Waals surface area (Å²) in [5, 5.41) is 10.4. The van der Waals surface area contributed by atoms with Gasteiger partial charge in [0, 0.05) is 22.3 Å². The second kappa shape index (κ2) is 7.49. The first kappa shape index (κ1) is 17.8. The number of halogens is 1. The number of hydrogen-bond donors (Lipinski definition) is 2. The van der Waals surface area contributed by atoms with E-state index in [0.717, 1.165) is 11.1 Å². The Morgan fingerprint density at radius 1 is 1.12 bits per heavy atom. The third kappa shape index (κ3) is 3.65. The summed E-state index contributed by atoms with van der Waals surface area (Å²) in [7, 11) is 3.16. The zero-order valence-electron chi connectivity index (χ0n) is 14.6. The van der Waals surface area contributed by atoms with Gasteiger partial charge >= 0.3 is 0 Å². The number of amides is 1. The third-order valence-corrected chi connectivity index (χ3v) is 4.18. The first-order chi connectivity index (χ1) is 12.5. The van der Waals surface area contributed by atoms with E-state index in [-0.39, 0.29) is 5.91 Å². The van der Waals surface area contributed by atoms with Gasteiger partial charge in [0.25, 0.3) is 5.91 Å². The smallest absolute Gasteiger partial charge is 0.273 e. The molecule has 0 aliphatic rings. The predicted octanol–water partition coefficient (Wildman–Crippen LogP) is 4.31. The molecule has 0 aliphatic heterocycles. The topological polar surface area (TPSA) is 76.2 Å². The Morgan fingerprint density at radius 3 is 2.62 bits per heavy atom. The maximum atomic E-state index is 12.5. The highest BCUT2D eigenvalue weighted by Gasteiger charge is 2.15. The van der Waals surface area contributed by atoms with Crippen LogP contribution in [0.25, 0.3) is 11.3 Å². The summed E-state index contributed by atoms with van der Waals surface area (Å²) in [6.07, 6.45) is 0. The minimum absolute atomic E-state index is 0.290. The minimum atomic E-state index is -0.290. The number of aromatic amines is 1. The number of aromatic nitrogens is 2. The average molecular weight is 372 g/mol. The Balaban J connectivity index is 1.84.